The highest BCUT2D eigenvalue weighted by Gasteiger charge is 2.16. The molecule has 0 heterocycles. The van der Waals surface area contributed by atoms with Gasteiger partial charge in [-0.3, -0.25) is 0 Å². The molecule has 0 aliphatic carbocycles. The van der Waals surface area contributed by atoms with Crippen molar-refractivity contribution in [3.05, 3.63) is 66.2 Å². The summed E-state index contributed by atoms with van der Waals surface area (Å²) in [4.78, 5) is 11.7. The van der Waals surface area contributed by atoms with Gasteiger partial charge in [-0.1, -0.05) is 68.3 Å². The number of ether oxygens (including phenoxy) is 2. The summed E-state index contributed by atoms with van der Waals surface area (Å²) in [6.45, 7) is 5.93. The predicted molar refractivity (Wildman–Crippen MR) is 116 cm³/mol. The fourth-order valence-corrected chi connectivity index (χ4v) is 3.51. The molecule has 0 amide bonds. The Morgan fingerprint density at radius 1 is 1.11 bits per heavy atom. The number of fused-ring (bicyclic) bond motifs is 2. The fraction of sp³-hybridized carbons (Fsp3) is 0.292. The molecular weight excluding hydrogens is 372 g/mol. The first-order chi connectivity index (χ1) is 13.6. The Balaban J connectivity index is 1.92. The fourth-order valence-electron chi connectivity index (χ4n) is 3.34. The van der Waals surface area contributed by atoms with E-state index in [2.05, 4.69) is 25.6 Å². The normalized spacial score (nSPS) is 12.1. The second kappa shape index (κ2) is 9.61. The minimum absolute atomic E-state index is 0.291. The number of halogens is 1. The molecule has 3 aromatic rings. The lowest BCUT2D eigenvalue weighted by Crippen LogP contribution is -2.24. The molecular formula is C24H25ClO3. The minimum atomic E-state index is -0.420. The van der Waals surface area contributed by atoms with Crippen molar-refractivity contribution < 1.29 is 14.3 Å². The third-order valence-electron chi connectivity index (χ3n) is 4.77. The Morgan fingerprint density at radius 3 is 2.68 bits per heavy atom. The van der Waals surface area contributed by atoms with Crippen LogP contribution in [0.5, 0.6) is 5.75 Å². The third kappa shape index (κ3) is 4.85. The summed E-state index contributed by atoms with van der Waals surface area (Å²) in [6.07, 6.45) is 4.82. The predicted octanol–water partition coefficient (Wildman–Crippen LogP) is 6.70. The molecule has 146 valence electrons. The zero-order valence-electron chi connectivity index (χ0n) is 16.1. The van der Waals surface area contributed by atoms with Crippen LogP contribution in [0.1, 0.15) is 32.6 Å². The van der Waals surface area contributed by atoms with Crippen molar-refractivity contribution in [1.29, 1.82) is 0 Å². The van der Waals surface area contributed by atoms with Crippen LogP contribution in [0.25, 0.3) is 21.5 Å². The van der Waals surface area contributed by atoms with E-state index in [1.54, 1.807) is 0 Å². The van der Waals surface area contributed by atoms with Crippen LogP contribution in [0, 0.1) is 0 Å². The molecule has 0 fully saturated rings. The van der Waals surface area contributed by atoms with E-state index >= 15 is 0 Å². The molecule has 0 saturated carbocycles. The molecule has 0 aliphatic rings. The van der Waals surface area contributed by atoms with Crippen molar-refractivity contribution in [2.45, 2.75) is 38.7 Å². The van der Waals surface area contributed by atoms with Crippen LogP contribution >= 0.6 is 11.6 Å². The van der Waals surface area contributed by atoms with Crippen LogP contribution in [-0.4, -0.2) is 18.7 Å². The molecule has 0 spiro atoms. The topological polar surface area (TPSA) is 35.5 Å². The maximum atomic E-state index is 11.7. The summed E-state index contributed by atoms with van der Waals surface area (Å²) in [6, 6.07) is 16.0. The molecule has 0 radical (unpaired) electrons. The highest BCUT2D eigenvalue weighted by Crippen LogP contribution is 2.36. The van der Waals surface area contributed by atoms with E-state index in [0.29, 0.717) is 11.6 Å². The second-order valence-corrected chi connectivity index (χ2v) is 7.30. The zero-order valence-corrected chi connectivity index (χ0v) is 16.9. The van der Waals surface area contributed by atoms with E-state index in [4.69, 9.17) is 21.1 Å². The number of hydrogen-bond acceptors (Lipinski definition) is 3. The Bertz CT molecular complexity index is 980. The van der Waals surface area contributed by atoms with E-state index in [0.717, 1.165) is 53.0 Å². The smallest absolute Gasteiger partial charge is 0.330 e. The molecule has 28 heavy (non-hydrogen) atoms. The number of unbranched alkanes of at least 4 members (excludes halogenated alkanes) is 2. The van der Waals surface area contributed by atoms with Gasteiger partial charge in [0.05, 0.1) is 0 Å². The number of carbonyl (C=O) groups excluding carboxylic acids is 1. The summed E-state index contributed by atoms with van der Waals surface area (Å²) in [7, 11) is 0. The standard InChI is InChI=1S/C24H25ClO3/c1-3-5-6-10-20(28-23(26)4-2)16-27-24-21-11-8-7-9-17(21)14-18-12-13-19(25)15-22(18)24/h4,7-9,11-15,20H,2-3,5-6,10,16H2,1H3. The number of esters is 1. The van der Waals surface area contributed by atoms with Gasteiger partial charge in [-0.25, -0.2) is 4.79 Å². The van der Waals surface area contributed by atoms with Crippen molar-refractivity contribution in [3.8, 4) is 5.75 Å². The van der Waals surface area contributed by atoms with Crippen LogP contribution in [-0.2, 0) is 9.53 Å². The monoisotopic (exact) mass is 396 g/mol. The van der Waals surface area contributed by atoms with E-state index in [1.165, 1.54) is 6.08 Å². The highest BCUT2D eigenvalue weighted by molar-refractivity contribution is 6.31. The van der Waals surface area contributed by atoms with Gasteiger partial charge in [0.25, 0.3) is 0 Å². The molecule has 3 rings (SSSR count). The van der Waals surface area contributed by atoms with Gasteiger partial charge >= 0.3 is 5.97 Å². The maximum absolute atomic E-state index is 11.7. The van der Waals surface area contributed by atoms with Crippen molar-refractivity contribution in [1.82, 2.24) is 0 Å². The molecule has 0 bridgehead atoms. The molecule has 1 unspecified atom stereocenters. The average Bonchev–Trinajstić information content (AvgIpc) is 2.71. The van der Waals surface area contributed by atoms with Gasteiger partial charge in [0.2, 0.25) is 0 Å². The van der Waals surface area contributed by atoms with Gasteiger partial charge in [0.15, 0.2) is 0 Å². The Kier molecular flexibility index (Phi) is 6.94. The van der Waals surface area contributed by atoms with Gasteiger partial charge in [0, 0.05) is 21.9 Å². The average molecular weight is 397 g/mol. The summed E-state index contributed by atoms with van der Waals surface area (Å²) < 4.78 is 11.8. The molecule has 3 nitrogen and oxygen atoms in total. The second-order valence-electron chi connectivity index (χ2n) is 6.86. The first-order valence-electron chi connectivity index (χ1n) is 9.69. The van der Waals surface area contributed by atoms with E-state index < -0.39 is 5.97 Å². The summed E-state index contributed by atoms with van der Waals surface area (Å²) in [5.74, 6) is 0.349. The van der Waals surface area contributed by atoms with Crippen LogP contribution in [0.15, 0.2) is 61.2 Å². The van der Waals surface area contributed by atoms with Crippen LogP contribution < -0.4 is 4.74 Å². The summed E-state index contributed by atoms with van der Waals surface area (Å²) in [5.41, 5.74) is 0. The van der Waals surface area contributed by atoms with Crippen LogP contribution in [0.2, 0.25) is 5.02 Å². The number of rotatable bonds is 9. The van der Waals surface area contributed by atoms with E-state index in [-0.39, 0.29) is 6.10 Å². The summed E-state index contributed by atoms with van der Waals surface area (Å²) in [5, 5.41) is 4.78. The third-order valence-corrected chi connectivity index (χ3v) is 5.00. The van der Waals surface area contributed by atoms with Gasteiger partial charge in [0.1, 0.15) is 18.5 Å². The maximum Gasteiger partial charge on any atom is 0.330 e. The Morgan fingerprint density at radius 2 is 1.89 bits per heavy atom. The molecule has 0 saturated heterocycles. The Hall–Kier alpha value is -2.52. The van der Waals surface area contributed by atoms with Gasteiger partial charge in [-0.2, -0.15) is 0 Å². The number of carbonyl (C=O) groups is 1. The molecule has 3 aromatic carbocycles. The highest BCUT2D eigenvalue weighted by atomic mass is 35.5. The molecule has 0 N–H and O–H groups in total. The zero-order chi connectivity index (χ0) is 19.9. The van der Waals surface area contributed by atoms with Crippen LogP contribution in [0.3, 0.4) is 0 Å². The lowest BCUT2D eigenvalue weighted by atomic mass is 10.0. The number of hydrogen-bond donors (Lipinski definition) is 0. The Labute approximate surface area is 170 Å². The van der Waals surface area contributed by atoms with Gasteiger partial charge in [-0.05, 0) is 41.8 Å². The molecule has 0 aromatic heterocycles. The number of benzene rings is 3. The lowest BCUT2D eigenvalue weighted by molar-refractivity contribution is -0.144. The van der Waals surface area contributed by atoms with Gasteiger partial charge in [-0.15, -0.1) is 0 Å². The molecule has 0 aliphatic heterocycles. The SMILES string of the molecule is C=CC(=O)OC(CCCCC)COc1c2ccccc2cc2ccc(Cl)cc12. The van der Waals surface area contributed by atoms with Crippen molar-refractivity contribution in [3.63, 3.8) is 0 Å². The van der Waals surface area contributed by atoms with Crippen molar-refractivity contribution >= 4 is 39.1 Å². The van der Waals surface area contributed by atoms with Crippen molar-refractivity contribution in [2.75, 3.05) is 6.61 Å². The molecule has 4 heteroatoms. The first-order valence-corrected chi connectivity index (χ1v) is 10.1. The van der Waals surface area contributed by atoms with Crippen LogP contribution in [0.4, 0.5) is 0 Å². The minimum Gasteiger partial charge on any atom is -0.488 e. The largest absolute Gasteiger partial charge is 0.488 e. The van der Waals surface area contributed by atoms with Crippen molar-refractivity contribution in [2.24, 2.45) is 0 Å². The summed E-state index contributed by atoms with van der Waals surface area (Å²) >= 11 is 6.24. The quantitative estimate of drug-likeness (QED) is 0.174. The van der Waals surface area contributed by atoms with Gasteiger partial charge < -0.3 is 9.47 Å². The van der Waals surface area contributed by atoms with E-state index in [9.17, 15) is 4.79 Å². The first kappa shape index (κ1) is 20.2. The lowest BCUT2D eigenvalue weighted by Gasteiger charge is -2.20. The molecule has 1 atom stereocenters. The van der Waals surface area contributed by atoms with E-state index in [1.807, 2.05) is 36.4 Å².